The quantitative estimate of drug-likeness (QED) is 0.504. The van der Waals surface area contributed by atoms with E-state index >= 15 is 0 Å². The second-order valence-electron chi connectivity index (χ2n) is 3.63. The van der Waals surface area contributed by atoms with Gasteiger partial charge in [-0.05, 0) is 35.6 Å². The molecular weight excluding hydrogens is 343 g/mol. The van der Waals surface area contributed by atoms with Crippen molar-refractivity contribution in [2.75, 3.05) is 5.43 Å². The molecule has 0 unspecified atom stereocenters. The van der Waals surface area contributed by atoms with E-state index in [4.69, 9.17) is 0 Å². The molecule has 0 amide bonds. The third kappa shape index (κ3) is 3.39. The van der Waals surface area contributed by atoms with E-state index in [0.29, 0.717) is 11.6 Å². The zero-order valence-electron chi connectivity index (χ0n) is 9.64. The van der Waals surface area contributed by atoms with Crippen LogP contribution < -0.4 is 11.0 Å². The molecule has 0 saturated carbocycles. The minimum Gasteiger partial charge on any atom is -0.291 e. The molecule has 2 aromatic rings. The van der Waals surface area contributed by atoms with E-state index in [-0.39, 0.29) is 5.56 Å². The van der Waals surface area contributed by atoms with Gasteiger partial charge in [-0.1, -0.05) is 18.2 Å². The van der Waals surface area contributed by atoms with E-state index in [2.05, 4.69) is 43.1 Å². The van der Waals surface area contributed by atoms with Crippen molar-refractivity contribution >= 4 is 34.8 Å². The van der Waals surface area contributed by atoms with E-state index in [1.807, 2.05) is 24.3 Å². The first-order valence-corrected chi connectivity index (χ1v) is 6.34. The van der Waals surface area contributed by atoms with Gasteiger partial charge >= 0.3 is 0 Å². The number of hydrogen-bond donors (Lipinski definition) is 2. The molecule has 5 nitrogen and oxygen atoms in total. The van der Waals surface area contributed by atoms with Crippen molar-refractivity contribution < 1.29 is 0 Å². The highest BCUT2D eigenvalue weighted by Gasteiger charge is 1.96. The van der Waals surface area contributed by atoms with Crippen LogP contribution in [0.25, 0.3) is 0 Å². The Hall–Kier alpha value is -1.70. The summed E-state index contributed by atoms with van der Waals surface area (Å²) in [6.45, 7) is 1.75. The largest absolute Gasteiger partial charge is 0.291 e. The van der Waals surface area contributed by atoms with Crippen molar-refractivity contribution in [1.82, 2.24) is 9.97 Å². The van der Waals surface area contributed by atoms with E-state index in [9.17, 15) is 4.79 Å². The van der Waals surface area contributed by atoms with Gasteiger partial charge in [0, 0.05) is 20.9 Å². The lowest BCUT2D eigenvalue weighted by molar-refractivity contribution is 1.04. The Kier molecular flexibility index (Phi) is 4.08. The molecule has 92 valence electrons. The Morgan fingerprint density at radius 3 is 2.94 bits per heavy atom. The number of halogens is 1. The van der Waals surface area contributed by atoms with Crippen LogP contribution in [0.2, 0.25) is 0 Å². The highest BCUT2D eigenvalue weighted by atomic mass is 127. The maximum absolute atomic E-state index is 11.2. The zero-order valence-corrected chi connectivity index (χ0v) is 11.8. The molecule has 1 aromatic heterocycles. The van der Waals surface area contributed by atoms with Crippen molar-refractivity contribution in [1.29, 1.82) is 0 Å². The normalized spacial score (nSPS) is 10.8. The highest BCUT2D eigenvalue weighted by Crippen LogP contribution is 2.08. The second-order valence-corrected chi connectivity index (χ2v) is 4.79. The first-order valence-electron chi connectivity index (χ1n) is 5.27. The molecule has 0 aliphatic carbocycles. The summed E-state index contributed by atoms with van der Waals surface area (Å²) in [6, 6.07) is 9.28. The van der Waals surface area contributed by atoms with Gasteiger partial charge in [-0.15, -0.1) is 0 Å². The number of aromatic amines is 1. The lowest BCUT2D eigenvalue weighted by Crippen LogP contribution is -2.10. The zero-order chi connectivity index (χ0) is 13.0. The summed E-state index contributed by atoms with van der Waals surface area (Å²) >= 11 is 2.23. The number of aryl methyl sites for hydroxylation is 1. The summed E-state index contributed by atoms with van der Waals surface area (Å²) in [4.78, 5) is 17.9. The molecule has 0 atom stereocenters. The summed E-state index contributed by atoms with van der Waals surface area (Å²) in [5.74, 6) is 0.335. The first-order chi connectivity index (χ1) is 8.65. The number of benzene rings is 1. The van der Waals surface area contributed by atoms with Crippen LogP contribution in [-0.2, 0) is 0 Å². The van der Waals surface area contributed by atoms with Crippen LogP contribution in [0.3, 0.4) is 0 Å². The number of aromatic nitrogens is 2. The van der Waals surface area contributed by atoms with Gasteiger partial charge in [-0.2, -0.15) is 5.10 Å². The number of anilines is 1. The van der Waals surface area contributed by atoms with Crippen molar-refractivity contribution in [3.05, 3.63) is 55.5 Å². The Bertz CT molecular complexity index is 636. The Morgan fingerprint density at radius 1 is 1.44 bits per heavy atom. The number of H-pyrrole nitrogens is 1. The Labute approximate surface area is 117 Å². The SMILES string of the molecule is Cc1cc(=O)[nH]c(N/N=C\c2ccccc2I)n1. The summed E-state index contributed by atoms with van der Waals surface area (Å²) in [5, 5.41) is 4.04. The fraction of sp³-hybridized carbons (Fsp3) is 0.0833. The third-order valence-electron chi connectivity index (χ3n) is 2.15. The van der Waals surface area contributed by atoms with Gasteiger partial charge in [0.25, 0.3) is 5.56 Å². The van der Waals surface area contributed by atoms with E-state index in [0.717, 1.165) is 9.13 Å². The predicted molar refractivity (Wildman–Crippen MR) is 80.0 cm³/mol. The van der Waals surface area contributed by atoms with Crippen LogP contribution in [-0.4, -0.2) is 16.2 Å². The van der Waals surface area contributed by atoms with Gasteiger partial charge in [-0.25, -0.2) is 10.4 Å². The van der Waals surface area contributed by atoms with Gasteiger partial charge < -0.3 is 0 Å². The highest BCUT2D eigenvalue weighted by molar-refractivity contribution is 14.1. The van der Waals surface area contributed by atoms with Crippen LogP contribution in [0, 0.1) is 10.5 Å². The molecule has 2 N–H and O–H groups in total. The standard InChI is InChI=1S/C12H11IN4O/c1-8-6-11(18)16-12(15-8)17-14-7-9-4-2-3-5-10(9)13/h2-7H,1H3,(H2,15,16,17,18)/b14-7-. The fourth-order valence-electron chi connectivity index (χ4n) is 1.37. The minimum absolute atomic E-state index is 0.200. The van der Waals surface area contributed by atoms with Crippen LogP contribution in [0.1, 0.15) is 11.3 Å². The summed E-state index contributed by atoms with van der Waals surface area (Å²) < 4.78 is 1.10. The summed E-state index contributed by atoms with van der Waals surface area (Å²) in [7, 11) is 0. The molecule has 1 heterocycles. The summed E-state index contributed by atoms with van der Waals surface area (Å²) in [6.07, 6.45) is 1.68. The number of nitrogens with one attached hydrogen (secondary N) is 2. The van der Waals surface area contributed by atoms with Gasteiger partial charge in [0.2, 0.25) is 5.95 Å². The second kappa shape index (κ2) is 5.76. The average molecular weight is 354 g/mol. The number of rotatable bonds is 3. The fourth-order valence-corrected chi connectivity index (χ4v) is 1.90. The topological polar surface area (TPSA) is 70.1 Å². The predicted octanol–water partition coefficient (Wildman–Crippen LogP) is 2.13. The van der Waals surface area contributed by atoms with Crippen molar-refractivity contribution in [2.45, 2.75) is 6.92 Å². The molecule has 1 aromatic carbocycles. The van der Waals surface area contributed by atoms with Crippen LogP contribution in [0.4, 0.5) is 5.95 Å². The van der Waals surface area contributed by atoms with Crippen molar-refractivity contribution in [2.24, 2.45) is 5.10 Å². The smallest absolute Gasteiger partial charge is 0.252 e. The van der Waals surface area contributed by atoms with Gasteiger partial charge in [0.15, 0.2) is 0 Å². The van der Waals surface area contributed by atoms with Gasteiger partial charge in [0.1, 0.15) is 0 Å². The van der Waals surface area contributed by atoms with E-state index < -0.39 is 0 Å². The van der Waals surface area contributed by atoms with Crippen LogP contribution >= 0.6 is 22.6 Å². The molecule has 0 bridgehead atoms. The molecule has 2 rings (SSSR count). The lowest BCUT2D eigenvalue weighted by atomic mass is 10.2. The Morgan fingerprint density at radius 2 is 2.22 bits per heavy atom. The van der Waals surface area contributed by atoms with E-state index in [1.165, 1.54) is 6.07 Å². The molecule has 18 heavy (non-hydrogen) atoms. The van der Waals surface area contributed by atoms with E-state index in [1.54, 1.807) is 13.1 Å². The lowest BCUT2D eigenvalue weighted by Gasteiger charge is -2.00. The maximum Gasteiger partial charge on any atom is 0.252 e. The van der Waals surface area contributed by atoms with Crippen molar-refractivity contribution in [3.8, 4) is 0 Å². The maximum atomic E-state index is 11.2. The molecule has 6 heteroatoms. The number of hydrazone groups is 1. The molecule has 0 radical (unpaired) electrons. The van der Waals surface area contributed by atoms with Crippen LogP contribution in [0.15, 0.2) is 40.2 Å². The molecule has 0 fully saturated rings. The minimum atomic E-state index is -0.200. The Balaban J connectivity index is 2.12. The number of hydrogen-bond acceptors (Lipinski definition) is 4. The average Bonchev–Trinajstić information content (AvgIpc) is 2.30. The van der Waals surface area contributed by atoms with Gasteiger partial charge in [0.05, 0.1) is 6.21 Å². The van der Waals surface area contributed by atoms with Gasteiger partial charge in [-0.3, -0.25) is 9.78 Å². The first kappa shape index (κ1) is 12.7. The molecular formula is C12H11IN4O. The monoisotopic (exact) mass is 354 g/mol. The van der Waals surface area contributed by atoms with Crippen molar-refractivity contribution in [3.63, 3.8) is 0 Å². The molecule has 0 spiro atoms. The summed E-state index contributed by atoms with van der Waals surface area (Å²) in [5.41, 5.74) is 4.15. The molecule has 0 aliphatic rings. The molecule has 0 aliphatic heterocycles. The number of nitrogens with zero attached hydrogens (tertiary/aromatic N) is 2. The molecule has 0 saturated heterocycles. The third-order valence-corrected chi connectivity index (χ3v) is 3.13. The van der Waals surface area contributed by atoms with Crippen LogP contribution in [0.5, 0.6) is 0 Å².